The average molecular weight is 500 g/mol. The SMILES string of the molecule is COc1ccc(C=Cc2cc(Br)c(Br)cc2C=Cc2ccc(OC)cc2)cc1. The molecule has 0 bridgehead atoms. The van der Waals surface area contributed by atoms with Crippen LogP contribution in [0, 0.1) is 0 Å². The molecule has 3 aromatic rings. The normalized spacial score (nSPS) is 11.3. The third-order valence-corrected chi connectivity index (χ3v) is 6.11. The van der Waals surface area contributed by atoms with Crippen molar-refractivity contribution >= 4 is 56.2 Å². The topological polar surface area (TPSA) is 18.5 Å². The minimum absolute atomic E-state index is 0.853. The van der Waals surface area contributed by atoms with Gasteiger partial charge in [-0.2, -0.15) is 0 Å². The minimum Gasteiger partial charge on any atom is -0.497 e. The van der Waals surface area contributed by atoms with Crippen LogP contribution in [-0.4, -0.2) is 14.2 Å². The molecule has 3 aromatic carbocycles. The average Bonchev–Trinajstić information content (AvgIpc) is 2.74. The largest absolute Gasteiger partial charge is 0.497 e. The van der Waals surface area contributed by atoms with Crippen LogP contribution in [0.25, 0.3) is 24.3 Å². The first kappa shape index (κ1) is 20.4. The Labute approximate surface area is 182 Å². The highest BCUT2D eigenvalue weighted by Crippen LogP contribution is 2.29. The molecule has 0 radical (unpaired) electrons. The van der Waals surface area contributed by atoms with Crippen molar-refractivity contribution in [1.82, 2.24) is 0 Å². The maximum atomic E-state index is 5.22. The fourth-order valence-corrected chi connectivity index (χ4v) is 3.39. The summed E-state index contributed by atoms with van der Waals surface area (Å²) in [6, 6.07) is 20.2. The summed E-state index contributed by atoms with van der Waals surface area (Å²) >= 11 is 7.20. The van der Waals surface area contributed by atoms with Gasteiger partial charge in [-0.15, -0.1) is 0 Å². The Morgan fingerprint density at radius 1 is 0.571 bits per heavy atom. The quantitative estimate of drug-likeness (QED) is 0.325. The summed E-state index contributed by atoms with van der Waals surface area (Å²) in [5.41, 5.74) is 4.47. The van der Waals surface area contributed by atoms with Crippen molar-refractivity contribution in [3.8, 4) is 11.5 Å². The molecule has 4 heteroatoms. The van der Waals surface area contributed by atoms with E-state index in [1.807, 2.05) is 48.5 Å². The van der Waals surface area contributed by atoms with Gasteiger partial charge >= 0.3 is 0 Å². The lowest BCUT2D eigenvalue weighted by Crippen LogP contribution is -1.84. The number of methoxy groups -OCH3 is 2. The molecule has 3 rings (SSSR count). The first-order chi connectivity index (χ1) is 13.6. The Bertz CT molecular complexity index is 906. The van der Waals surface area contributed by atoms with Gasteiger partial charge < -0.3 is 9.47 Å². The number of benzene rings is 3. The van der Waals surface area contributed by atoms with E-state index in [1.54, 1.807) is 14.2 Å². The van der Waals surface area contributed by atoms with Gasteiger partial charge in [0.05, 0.1) is 14.2 Å². The van der Waals surface area contributed by atoms with E-state index in [0.29, 0.717) is 0 Å². The minimum atomic E-state index is 0.853. The predicted octanol–water partition coefficient (Wildman–Crippen LogP) is 7.57. The molecule has 0 spiro atoms. The van der Waals surface area contributed by atoms with Gasteiger partial charge in [0.1, 0.15) is 11.5 Å². The fourth-order valence-electron chi connectivity index (χ4n) is 2.67. The lowest BCUT2D eigenvalue weighted by Gasteiger charge is -2.06. The Balaban J connectivity index is 1.88. The molecule has 0 fully saturated rings. The third-order valence-electron chi connectivity index (χ3n) is 4.27. The second-order valence-electron chi connectivity index (χ2n) is 6.11. The Morgan fingerprint density at radius 3 is 1.25 bits per heavy atom. The van der Waals surface area contributed by atoms with Crippen LogP contribution in [0.3, 0.4) is 0 Å². The van der Waals surface area contributed by atoms with Crippen LogP contribution in [-0.2, 0) is 0 Å². The molecule has 2 nitrogen and oxygen atoms in total. The summed E-state index contributed by atoms with van der Waals surface area (Å²) in [6.07, 6.45) is 8.43. The van der Waals surface area contributed by atoms with Crippen LogP contribution in [0.4, 0.5) is 0 Å². The van der Waals surface area contributed by atoms with E-state index in [0.717, 1.165) is 42.7 Å². The first-order valence-electron chi connectivity index (χ1n) is 8.72. The van der Waals surface area contributed by atoms with Gasteiger partial charge in [-0.3, -0.25) is 0 Å². The van der Waals surface area contributed by atoms with Crippen LogP contribution in [0.1, 0.15) is 22.3 Å². The molecule has 28 heavy (non-hydrogen) atoms. The summed E-state index contributed by atoms with van der Waals surface area (Å²) in [7, 11) is 3.34. The first-order valence-corrected chi connectivity index (χ1v) is 10.3. The van der Waals surface area contributed by atoms with E-state index in [1.165, 1.54) is 0 Å². The molecule has 0 saturated heterocycles. The Morgan fingerprint density at radius 2 is 0.929 bits per heavy atom. The summed E-state index contributed by atoms with van der Waals surface area (Å²) in [5, 5.41) is 0. The van der Waals surface area contributed by atoms with E-state index < -0.39 is 0 Å². The van der Waals surface area contributed by atoms with Gasteiger partial charge in [-0.05, 0) is 90.5 Å². The summed E-state index contributed by atoms with van der Waals surface area (Å²) in [4.78, 5) is 0. The molecule has 0 aromatic heterocycles. The molecule has 0 heterocycles. The van der Waals surface area contributed by atoms with Crippen LogP contribution in [0.15, 0.2) is 69.6 Å². The van der Waals surface area contributed by atoms with E-state index in [-0.39, 0.29) is 0 Å². The van der Waals surface area contributed by atoms with Gasteiger partial charge in [0.15, 0.2) is 0 Å². The molecule has 0 amide bonds. The molecule has 0 unspecified atom stereocenters. The van der Waals surface area contributed by atoms with Crippen LogP contribution < -0.4 is 9.47 Å². The number of halogens is 2. The van der Waals surface area contributed by atoms with Gasteiger partial charge in [0, 0.05) is 8.95 Å². The molecular weight excluding hydrogens is 480 g/mol. The van der Waals surface area contributed by atoms with Gasteiger partial charge in [-0.1, -0.05) is 48.6 Å². The molecule has 142 valence electrons. The highest BCUT2D eigenvalue weighted by Gasteiger charge is 2.03. The standard InChI is InChI=1S/C24H20Br2O2/c1-27-21-11-5-17(6-12-21)3-9-19-15-23(25)24(26)16-20(19)10-4-18-7-13-22(28-2)14-8-18/h3-16H,1-2H3. The summed E-state index contributed by atoms with van der Waals surface area (Å²) < 4.78 is 12.5. The maximum absolute atomic E-state index is 5.22. The Kier molecular flexibility index (Phi) is 7.12. The zero-order valence-electron chi connectivity index (χ0n) is 15.7. The van der Waals surface area contributed by atoms with E-state index in [2.05, 4.69) is 68.3 Å². The predicted molar refractivity (Wildman–Crippen MR) is 126 cm³/mol. The molecular formula is C24H20Br2O2. The molecule has 0 N–H and O–H groups in total. The van der Waals surface area contributed by atoms with E-state index in [9.17, 15) is 0 Å². The van der Waals surface area contributed by atoms with Gasteiger partial charge in [0.2, 0.25) is 0 Å². The van der Waals surface area contributed by atoms with Crippen LogP contribution >= 0.6 is 31.9 Å². The molecule has 0 aliphatic rings. The second-order valence-corrected chi connectivity index (χ2v) is 7.82. The van der Waals surface area contributed by atoms with Crippen LogP contribution in [0.2, 0.25) is 0 Å². The lowest BCUT2D eigenvalue weighted by molar-refractivity contribution is 0.414. The monoisotopic (exact) mass is 498 g/mol. The number of rotatable bonds is 6. The van der Waals surface area contributed by atoms with Crippen molar-refractivity contribution in [2.24, 2.45) is 0 Å². The zero-order chi connectivity index (χ0) is 19.9. The van der Waals surface area contributed by atoms with Crippen molar-refractivity contribution in [2.75, 3.05) is 14.2 Å². The number of ether oxygens (including phenoxy) is 2. The van der Waals surface area contributed by atoms with Crippen molar-refractivity contribution in [3.05, 3.63) is 91.9 Å². The van der Waals surface area contributed by atoms with Gasteiger partial charge in [0.25, 0.3) is 0 Å². The summed E-state index contributed by atoms with van der Waals surface area (Å²) in [6.45, 7) is 0. The maximum Gasteiger partial charge on any atom is 0.118 e. The van der Waals surface area contributed by atoms with Crippen molar-refractivity contribution in [3.63, 3.8) is 0 Å². The highest BCUT2D eigenvalue weighted by molar-refractivity contribution is 9.13. The highest BCUT2D eigenvalue weighted by atomic mass is 79.9. The second kappa shape index (κ2) is 9.76. The van der Waals surface area contributed by atoms with Crippen molar-refractivity contribution in [2.45, 2.75) is 0 Å². The van der Waals surface area contributed by atoms with Crippen molar-refractivity contribution < 1.29 is 9.47 Å². The fraction of sp³-hybridized carbons (Fsp3) is 0.0833. The number of hydrogen-bond acceptors (Lipinski definition) is 2. The Hall–Kier alpha value is -2.30. The molecule has 0 aliphatic heterocycles. The third kappa shape index (κ3) is 5.37. The summed E-state index contributed by atoms with van der Waals surface area (Å²) in [5.74, 6) is 1.71. The van der Waals surface area contributed by atoms with Crippen LogP contribution in [0.5, 0.6) is 11.5 Å². The lowest BCUT2D eigenvalue weighted by atomic mass is 10.0. The van der Waals surface area contributed by atoms with E-state index >= 15 is 0 Å². The molecule has 0 aliphatic carbocycles. The smallest absolute Gasteiger partial charge is 0.118 e. The molecule has 0 saturated carbocycles. The van der Waals surface area contributed by atoms with E-state index in [4.69, 9.17) is 9.47 Å². The molecule has 0 atom stereocenters. The van der Waals surface area contributed by atoms with Crippen molar-refractivity contribution in [1.29, 1.82) is 0 Å². The zero-order valence-corrected chi connectivity index (χ0v) is 18.8. The number of hydrogen-bond donors (Lipinski definition) is 0. The van der Waals surface area contributed by atoms with Gasteiger partial charge in [-0.25, -0.2) is 0 Å².